The van der Waals surface area contributed by atoms with Crippen LogP contribution in [0.1, 0.15) is 43.7 Å². The summed E-state index contributed by atoms with van der Waals surface area (Å²) in [4.78, 5) is 2.68. The van der Waals surface area contributed by atoms with Crippen molar-refractivity contribution in [2.24, 2.45) is 5.92 Å². The Morgan fingerprint density at radius 2 is 1.75 bits per heavy atom. The third-order valence-corrected chi connectivity index (χ3v) is 6.38. The summed E-state index contributed by atoms with van der Waals surface area (Å²) < 4.78 is 0. The van der Waals surface area contributed by atoms with Crippen molar-refractivity contribution in [1.82, 2.24) is 15.8 Å². The largest absolute Gasteiger partial charge is 0.396 e. The number of piperidine rings is 1. The van der Waals surface area contributed by atoms with Gasteiger partial charge in [0.05, 0.1) is 6.04 Å². The Kier molecular flexibility index (Phi) is 6.76. The molecule has 0 aromatic heterocycles. The number of hydrazine groups is 1. The molecule has 3 N–H and O–H groups in total. The van der Waals surface area contributed by atoms with Gasteiger partial charge in [-0.3, -0.25) is 10.3 Å². The Morgan fingerprint density at radius 3 is 2.54 bits per heavy atom. The molecule has 2 fully saturated rings. The number of nitrogens with zero attached hydrogens (tertiary/aromatic N) is 1. The second-order valence-corrected chi connectivity index (χ2v) is 8.26. The van der Waals surface area contributed by atoms with Gasteiger partial charge in [0.2, 0.25) is 0 Å². The molecular formula is C24H33N3O. The lowest BCUT2D eigenvalue weighted by Crippen LogP contribution is -2.43. The second kappa shape index (κ2) is 9.66. The summed E-state index contributed by atoms with van der Waals surface area (Å²) in [7, 11) is 0. The molecule has 0 saturated carbocycles. The molecule has 3 atom stereocenters. The van der Waals surface area contributed by atoms with E-state index < -0.39 is 0 Å². The molecule has 3 unspecified atom stereocenters. The summed E-state index contributed by atoms with van der Waals surface area (Å²) >= 11 is 0. The highest BCUT2D eigenvalue weighted by Crippen LogP contribution is 2.30. The SMILES string of the molecule is OCCCC1CCCCN1CC1CNNC1c1ccc(-c2ccccc2)cc1. The van der Waals surface area contributed by atoms with Crippen molar-refractivity contribution in [3.8, 4) is 11.1 Å². The van der Waals surface area contributed by atoms with Crippen LogP contribution in [0.2, 0.25) is 0 Å². The van der Waals surface area contributed by atoms with E-state index in [1.807, 2.05) is 0 Å². The number of hydrogen-bond acceptors (Lipinski definition) is 4. The third-order valence-electron chi connectivity index (χ3n) is 6.38. The van der Waals surface area contributed by atoms with E-state index in [9.17, 15) is 5.11 Å². The lowest BCUT2D eigenvalue weighted by atomic mass is 9.90. The van der Waals surface area contributed by atoms with E-state index in [1.54, 1.807) is 0 Å². The maximum atomic E-state index is 9.22. The number of hydrogen-bond donors (Lipinski definition) is 3. The van der Waals surface area contributed by atoms with E-state index in [1.165, 1.54) is 42.5 Å². The normalized spacial score (nSPS) is 25.8. The molecule has 0 aliphatic carbocycles. The highest BCUT2D eigenvalue weighted by Gasteiger charge is 2.32. The zero-order chi connectivity index (χ0) is 19.2. The van der Waals surface area contributed by atoms with Gasteiger partial charge in [-0.2, -0.15) is 0 Å². The predicted molar refractivity (Wildman–Crippen MR) is 115 cm³/mol. The number of aliphatic hydroxyl groups is 1. The van der Waals surface area contributed by atoms with Gasteiger partial charge < -0.3 is 5.11 Å². The first-order valence-electron chi connectivity index (χ1n) is 10.8. The minimum atomic E-state index is 0.313. The number of aliphatic hydroxyl groups excluding tert-OH is 1. The molecule has 2 aromatic rings. The Balaban J connectivity index is 1.43. The lowest BCUT2D eigenvalue weighted by Gasteiger charge is -2.38. The third kappa shape index (κ3) is 4.64. The van der Waals surface area contributed by atoms with Gasteiger partial charge >= 0.3 is 0 Å². The first-order chi connectivity index (χ1) is 13.8. The van der Waals surface area contributed by atoms with E-state index in [-0.39, 0.29) is 0 Å². The van der Waals surface area contributed by atoms with E-state index in [0.717, 1.165) is 25.9 Å². The van der Waals surface area contributed by atoms with Gasteiger partial charge in [-0.1, -0.05) is 61.0 Å². The van der Waals surface area contributed by atoms with Crippen molar-refractivity contribution in [2.45, 2.75) is 44.2 Å². The average molecular weight is 380 g/mol. The molecule has 150 valence electrons. The van der Waals surface area contributed by atoms with Gasteiger partial charge in [-0.15, -0.1) is 0 Å². The molecular weight excluding hydrogens is 346 g/mol. The second-order valence-electron chi connectivity index (χ2n) is 8.26. The zero-order valence-corrected chi connectivity index (χ0v) is 16.7. The highest BCUT2D eigenvalue weighted by molar-refractivity contribution is 5.63. The number of likely N-dealkylation sites (tertiary alicyclic amines) is 1. The number of rotatable bonds is 7. The molecule has 0 bridgehead atoms. The van der Waals surface area contributed by atoms with Crippen LogP contribution in [-0.4, -0.2) is 42.3 Å². The summed E-state index contributed by atoms with van der Waals surface area (Å²) in [6.07, 6.45) is 5.97. The van der Waals surface area contributed by atoms with Crippen molar-refractivity contribution in [3.05, 3.63) is 60.2 Å². The molecule has 0 spiro atoms. The van der Waals surface area contributed by atoms with Gasteiger partial charge in [-0.25, -0.2) is 5.43 Å². The van der Waals surface area contributed by atoms with Crippen LogP contribution < -0.4 is 10.9 Å². The summed E-state index contributed by atoms with van der Waals surface area (Å²) in [5.41, 5.74) is 10.8. The van der Waals surface area contributed by atoms with Crippen LogP contribution >= 0.6 is 0 Å². The van der Waals surface area contributed by atoms with Crippen molar-refractivity contribution in [1.29, 1.82) is 0 Å². The predicted octanol–water partition coefficient (Wildman–Crippen LogP) is 3.75. The fourth-order valence-electron chi connectivity index (χ4n) is 4.83. The first-order valence-corrected chi connectivity index (χ1v) is 10.8. The Hall–Kier alpha value is -1.72. The van der Waals surface area contributed by atoms with Crippen molar-refractivity contribution in [3.63, 3.8) is 0 Å². The smallest absolute Gasteiger partial charge is 0.0515 e. The quantitative estimate of drug-likeness (QED) is 0.686. The fourth-order valence-corrected chi connectivity index (χ4v) is 4.83. The van der Waals surface area contributed by atoms with Crippen molar-refractivity contribution < 1.29 is 5.11 Å². The maximum Gasteiger partial charge on any atom is 0.0515 e. The fraction of sp³-hybridized carbons (Fsp3) is 0.500. The number of nitrogens with one attached hydrogen (secondary N) is 2. The highest BCUT2D eigenvalue weighted by atomic mass is 16.2. The molecule has 28 heavy (non-hydrogen) atoms. The molecule has 2 aliphatic rings. The molecule has 4 rings (SSSR count). The van der Waals surface area contributed by atoms with Crippen LogP contribution in [0.15, 0.2) is 54.6 Å². The van der Waals surface area contributed by atoms with Crippen LogP contribution in [0.5, 0.6) is 0 Å². The molecule has 4 nitrogen and oxygen atoms in total. The van der Waals surface area contributed by atoms with Crippen LogP contribution in [0.25, 0.3) is 11.1 Å². The van der Waals surface area contributed by atoms with E-state index in [2.05, 4.69) is 70.3 Å². The lowest BCUT2D eigenvalue weighted by molar-refractivity contribution is 0.110. The Bertz CT molecular complexity index is 718. The van der Waals surface area contributed by atoms with Crippen LogP contribution in [0.3, 0.4) is 0 Å². The summed E-state index contributed by atoms with van der Waals surface area (Å²) in [5, 5.41) is 9.22. The van der Waals surface area contributed by atoms with Crippen molar-refractivity contribution >= 4 is 0 Å². The zero-order valence-electron chi connectivity index (χ0n) is 16.7. The average Bonchev–Trinajstić information content (AvgIpc) is 3.22. The summed E-state index contributed by atoms with van der Waals surface area (Å²) in [6.45, 7) is 3.65. The molecule has 2 aliphatic heterocycles. The standard InChI is InChI=1S/C24H33N3O/c28-16-6-10-23-9-4-5-15-27(23)18-22-17-25-26-24(22)21-13-11-20(12-14-21)19-7-2-1-3-8-19/h1-3,7-8,11-14,22-26,28H,4-6,9-10,15-18H2. The van der Waals surface area contributed by atoms with Gasteiger partial charge in [0.25, 0.3) is 0 Å². The van der Waals surface area contributed by atoms with Gasteiger partial charge in [0.15, 0.2) is 0 Å². The number of benzene rings is 2. The molecule has 0 amide bonds. The molecule has 4 heteroatoms. The van der Waals surface area contributed by atoms with Gasteiger partial charge in [-0.05, 0) is 48.9 Å². The van der Waals surface area contributed by atoms with E-state index in [4.69, 9.17) is 0 Å². The van der Waals surface area contributed by atoms with Gasteiger partial charge in [0, 0.05) is 31.7 Å². The molecule has 2 heterocycles. The first kappa shape index (κ1) is 19.6. The monoisotopic (exact) mass is 379 g/mol. The molecule has 0 radical (unpaired) electrons. The molecule has 2 saturated heterocycles. The summed E-state index contributed by atoms with van der Waals surface area (Å²) in [5.74, 6) is 0.567. The van der Waals surface area contributed by atoms with Crippen molar-refractivity contribution in [2.75, 3.05) is 26.2 Å². The Morgan fingerprint density at radius 1 is 0.964 bits per heavy atom. The topological polar surface area (TPSA) is 47.5 Å². The Labute approximate surface area is 168 Å². The van der Waals surface area contributed by atoms with Crippen LogP contribution in [0, 0.1) is 5.92 Å². The van der Waals surface area contributed by atoms with E-state index >= 15 is 0 Å². The van der Waals surface area contributed by atoms with Crippen LogP contribution in [-0.2, 0) is 0 Å². The van der Waals surface area contributed by atoms with Crippen LogP contribution in [0.4, 0.5) is 0 Å². The maximum absolute atomic E-state index is 9.22. The molecule has 2 aromatic carbocycles. The minimum absolute atomic E-state index is 0.313. The minimum Gasteiger partial charge on any atom is -0.396 e. The summed E-state index contributed by atoms with van der Waals surface area (Å²) in [6, 6.07) is 20.6. The van der Waals surface area contributed by atoms with Gasteiger partial charge in [0.1, 0.15) is 0 Å². The van der Waals surface area contributed by atoms with E-state index in [0.29, 0.717) is 24.6 Å².